The summed E-state index contributed by atoms with van der Waals surface area (Å²) in [6.45, 7) is 0. The molecule has 2 atom stereocenters. The Morgan fingerprint density at radius 1 is 1.59 bits per heavy atom. The van der Waals surface area contributed by atoms with Crippen LogP contribution in [0.3, 0.4) is 0 Å². The van der Waals surface area contributed by atoms with Crippen molar-refractivity contribution < 1.29 is 24.5 Å². The van der Waals surface area contributed by atoms with Crippen LogP contribution in [0.25, 0.3) is 0 Å². The molecule has 6 nitrogen and oxygen atoms in total. The molecule has 0 saturated heterocycles. The van der Waals surface area contributed by atoms with Crippen LogP contribution in [0.2, 0.25) is 0 Å². The maximum atomic E-state index is 13.0. The largest absolute Gasteiger partial charge is 0.478 e. The number of aliphatic hydroxyl groups excluding tert-OH is 2. The van der Waals surface area contributed by atoms with E-state index in [9.17, 15) is 19.4 Å². The predicted octanol–water partition coefficient (Wildman–Crippen LogP) is 0.227. The Kier molecular flexibility index (Phi) is 4.09. The van der Waals surface area contributed by atoms with E-state index in [0.717, 1.165) is 6.07 Å². The molecule has 0 amide bonds. The third-order valence-corrected chi connectivity index (χ3v) is 2.07. The van der Waals surface area contributed by atoms with Gasteiger partial charge in [-0.05, 0) is 6.07 Å². The summed E-state index contributed by atoms with van der Waals surface area (Å²) in [4.78, 5) is 14.1. The molecule has 1 heterocycles. The number of aliphatic hydroxyl groups is 2. The van der Waals surface area contributed by atoms with Crippen LogP contribution in [-0.4, -0.2) is 32.4 Å². The van der Waals surface area contributed by atoms with Crippen molar-refractivity contribution in [2.45, 2.75) is 18.6 Å². The molecular weight excluding hydrogens is 231 g/mol. The van der Waals surface area contributed by atoms with Gasteiger partial charge in [0.05, 0.1) is 36.0 Å². The minimum Gasteiger partial charge on any atom is -0.478 e. The highest BCUT2D eigenvalue weighted by Gasteiger charge is 2.22. The Balaban J connectivity index is 3.04. The van der Waals surface area contributed by atoms with Gasteiger partial charge in [-0.15, -0.1) is 0 Å². The Bertz CT molecular complexity index is 472. The van der Waals surface area contributed by atoms with Crippen LogP contribution in [0.1, 0.15) is 28.6 Å². The van der Waals surface area contributed by atoms with Crippen molar-refractivity contribution in [3.05, 3.63) is 29.3 Å². The maximum Gasteiger partial charge on any atom is 0.338 e. The van der Waals surface area contributed by atoms with Crippen LogP contribution in [0.4, 0.5) is 4.39 Å². The van der Waals surface area contributed by atoms with Crippen molar-refractivity contribution in [1.29, 1.82) is 5.26 Å². The fourth-order valence-corrected chi connectivity index (χ4v) is 1.18. The molecule has 1 rings (SSSR count). The Morgan fingerprint density at radius 3 is 2.76 bits per heavy atom. The van der Waals surface area contributed by atoms with Gasteiger partial charge >= 0.3 is 5.97 Å². The van der Waals surface area contributed by atoms with E-state index < -0.39 is 29.6 Å². The third-order valence-electron chi connectivity index (χ3n) is 2.07. The molecule has 3 N–H and O–H groups in total. The number of halogens is 1. The number of carboxylic acid groups (broad SMARTS) is 1. The number of hydrogen-bond acceptors (Lipinski definition) is 5. The monoisotopic (exact) mass is 240 g/mol. The topological polar surface area (TPSA) is 114 Å². The zero-order chi connectivity index (χ0) is 13.0. The van der Waals surface area contributed by atoms with Crippen molar-refractivity contribution in [2.75, 3.05) is 0 Å². The molecule has 17 heavy (non-hydrogen) atoms. The molecular formula is C10H9FN2O4. The van der Waals surface area contributed by atoms with Crippen LogP contribution in [0, 0.1) is 17.1 Å². The van der Waals surface area contributed by atoms with Crippen LogP contribution < -0.4 is 0 Å². The quantitative estimate of drug-likeness (QED) is 0.693. The van der Waals surface area contributed by atoms with Gasteiger partial charge in [-0.3, -0.25) is 4.98 Å². The summed E-state index contributed by atoms with van der Waals surface area (Å²) in [5.41, 5.74) is -0.857. The molecule has 0 aliphatic heterocycles. The molecule has 2 unspecified atom stereocenters. The number of rotatable bonds is 4. The normalized spacial score (nSPS) is 13.8. The molecule has 1 aromatic rings. The van der Waals surface area contributed by atoms with E-state index in [1.54, 1.807) is 6.07 Å². The molecule has 1 aromatic heterocycles. The second-order valence-corrected chi connectivity index (χ2v) is 3.27. The minimum atomic E-state index is -1.53. The lowest BCUT2D eigenvalue weighted by Crippen LogP contribution is -2.19. The van der Waals surface area contributed by atoms with Gasteiger partial charge in [0.25, 0.3) is 0 Å². The number of aromatic nitrogens is 1. The van der Waals surface area contributed by atoms with Gasteiger partial charge in [-0.2, -0.15) is 5.26 Å². The van der Waals surface area contributed by atoms with Crippen LogP contribution in [-0.2, 0) is 0 Å². The van der Waals surface area contributed by atoms with Gasteiger partial charge in [0.1, 0.15) is 6.10 Å². The van der Waals surface area contributed by atoms with Crippen LogP contribution in [0.15, 0.2) is 12.3 Å². The van der Waals surface area contributed by atoms with E-state index in [-0.39, 0.29) is 12.1 Å². The first kappa shape index (κ1) is 13.0. The van der Waals surface area contributed by atoms with Crippen molar-refractivity contribution in [3.63, 3.8) is 0 Å². The lowest BCUT2D eigenvalue weighted by Gasteiger charge is -2.14. The molecule has 7 heteroatoms. The molecule has 0 fully saturated rings. The lowest BCUT2D eigenvalue weighted by atomic mass is 10.1. The highest BCUT2D eigenvalue weighted by atomic mass is 19.1. The van der Waals surface area contributed by atoms with E-state index in [4.69, 9.17) is 10.4 Å². The summed E-state index contributed by atoms with van der Waals surface area (Å²) in [5.74, 6) is -2.55. The number of aromatic carboxylic acids is 1. The third kappa shape index (κ3) is 2.96. The van der Waals surface area contributed by atoms with Crippen molar-refractivity contribution in [2.24, 2.45) is 0 Å². The van der Waals surface area contributed by atoms with Gasteiger partial charge in [0.2, 0.25) is 0 Å². The van der Waals surface area contributed by atoms with E-state index in [0.29, 0.717) is 6.20 Å². The fraction of sp³-hybridized carbons (Fsp3) is 0.300. The average molecular weight is 240 g/mol. The van der Waals surface area contributed by atoms with E-state index in [2.05, 4.69) is 4.98 Å². The van der Waals surface area contributed by atoms with Crippen molar-refractivity contribution in [1.82, 2.24) is 4.98 Å². The fourth-order valence-electron chi connectivity index (χ4n) is 1.18. The summed E-state index contributed by atoms with van der Waals surface area (Å²) >= 11 is 0. The zero-order valence-electron chi connectivity index (χ0n) is 8.54. The van der Waals surface area contributed by atoms with E-state index in [1.807, 2.05) is 0 Å². The summed E-state index contributed by atoms with van der Waals surface area (Å²) in [7, 11) is 0. The Labute approximate surface area is 95.6 Å². The molecule has 0 bridgehead atoms. The number of nitriles is 1. The summed E-state index contributed by atoms with van der Waals surface area (Å²) in [6.07, 6.45) is -2.64. The van der Waals surface area contributed by atoms with Crippen LogP contribution in [0.5, 0.6) is 0 Å². The lowest BCUT2D eigenvalue weighted by molar-refractivity contribution is 0.0188. The Morgan fingerprint density at radius 2 is 2.24 bits per heavy atom. The highest BCUT2D eigenvalue weighted by molar-refractivity contribution is 5.87. The standard InChI is InChI=1S/C10H9FN2O4/c11-6-4-13-7(3-5(6)10(16)17)9(15)8(14)1-2-12/h3-4,8-9,14-15H,1H2,(H,16,17). The van der Waals surface area contributed by atoms with Gasteiger partial charge in [-0.25, -0.2) is 9.18 Å². The highest BCUT2D eigenvalue weighted by Crippen LogP contribution is 2.19. The molecule has 0 aliphatic rings. The maximum absolute atomic E-state index is 13.0. The summed E-state index contributed by atoms with van der Waals surface area (Å²) in [6, 6.07) is 2.46. The predicted molar refractivity (Wildman–Crippen MR) is 52.4 cm³/mol. The van der Waals surface area contributed by atoms with Gasteiger partial charge in [0, 0.05) is 0 Å². The molecule has 0 saturated carbocycles. The van der Waals surface area contributed by atoms with E-state index in [1.165, 1.54) is 0 Å². The first-order valence-corrected chi connectivity index (χ1v) is 4.59. The van der Waals surface area contributed by atoms with Crippen LogP contribution >= 0.6 is 0 Å². The van der Waals surface area contributed by atoms with Crippen molar-refractivity contribution in [3.8, 4) is 6.07 Å². The van der Waals surface area contributed by atoms with Gasteiger partial charge in [-0.1, -0.05) is 0 Å². The number of carbonyl (C=O) groups is 1. The van der Waals surface area contributed by atoms with Gasteiger partial charge < -0.3 is 15.3 Å². The smallest absolute Gasteiger partial charge is 0.338 e. The zero-order valence-corrected chi connectivity index (χ0v) is 8.54. The molecule has 0 radical (unpaired) electrons. The number of nitrogens with zero attached hydrogens (tertiary/aromatic N) is 2. The first-order chi connectivity index (χ1) is 7.97. The number of hydrogen-bond donors (Lipinski definition) is 3. The molecule has 0 aromatic carbocycles. The summed E-state index contributed by atoms with van der Waals surface area (Å²) in [5, 5.41) is 35.8. The minimum absolute atomic E-state index is 0.202. The first-order valence-electron chi connectivity index (χ1n) is 4.59. The molecule has 90 valence electrons. The average Bonchev–Trinajstić information content (AvgIpc) is 2.28. The SMILES string of the molecule is N#CCC(O)C(O)c1cc(C(=O)O)c(F)cn1. The number of carboxylic acids is 1. The molecule has 0 spiro atoms. The second kappa shape index (κ2) is 5.34. The summed E-state index contributed by atoms with van der Waals surface area (Å²) < 4.78 is 13.0. The number of pyridine rings is 1. The Hall–Kier alpha value is -2.04. The van der Waals surface area contributed by atoms with Gasteiger partial charge in [0.15, 0.2) is 5.82 Å². The second-order valence-electron chi connectivity index (χ2n) is 3.27. The van der Waals surface area contributed by atoms with Crippen molar-refractivity contribution >= 4 is 5.97 Å². The molecule has 0 aliphatic carbocycles. The van der Waals surface area contributed by atoms with E-state index >= 15 is 0 Å².